The van der Waals surface area contributed by atoms with Gasteiger partial charge in [-0.2, -0.15) is 0 Å². The summed E-state index contributed by atoms with van der Waals surface area (Å²) in [6, 6.07) is 5.06. The zero-order valence-corrected chi connectivity index (χ0v) is 7.14. The van der Waals surface area contributed by atoms with Crippen LogP contribution in [0.25, 0.3) is 0 Å². The molecule has 0 spiro atoms. The van der Waals surface area contributed by atoms with Crippen LogP contribution in [0.2, 0.25) is 0 Å². The lowest BCUT2D eigenvalue weighted by Crippen LogP contribution is -1.77. The molecule has 3 nitrogen and oxygen atoms in total. The second kappa shape index (κ2) is 3.81. The van der Waals surface area contributed by atoms with Gasteiger partial charge in [0.1, 0.15) is 0 Å². The summed E-state index contributed by atoms with van der Waals surface area (Å²) < 4.78 is 0. The van der Waals surface area contributed by atoms with E-state index in [0.29, 0.717) is 5.92 Å². The first-order chi connectivity index (χ1) is 6.27. The van der Waals surface area contributed by atoms with Crippen molar-refractivity contribution < 1.29 is 10.2 Å². The van der Waals surface area contributed by atoms with E-state index in [-0.39, 0.29) is 11.5 Å². The molecule has 1 saturated carbocycles. The Morgan fingerprint density at radius 2 is 1.77 bits per heavy atom. The third-order valence-corrected chi connectivity index (χ3v) is 2.05. The minimum absolute atomic E-state index is 0.00519. The van der Waals surface area contributed by atoms with Gasteiger partial charge in [0.15, 0.2) is 11.5 Å². The number of nitrogens with zero attached hydrogens (tertiary/aromatic N) is 1. The smallest absolute Gasteiger partial charge is 0.157 e. The molecule has 0 aliphatic heterocycles. The molecule has 0 amide bonds. The maximum Gasteiger partial charge on any atom is 0.157 e. The Kier molecular flexibility index (Phi) is 2.76. The lowest BCUT2D eigenvalue weighted by atomic mass is 10.1. The predicted octanol–water partition coefficient (Wildman–Crippen LogP) is 2.11. The molecule has 1 aliphatic carbocycles. The quantitative estimate of drug-likeness (QED) is 0.646. The van der Waals surface area contributed by atoms with Gasteiger partial charge in [0.2, 0.25) is 0 Å². The molecule has 0 bridgehead atoms. The Labute approximate surface area is 76.9 Å². The molecular weight excluding hydrogens is 166 g/mol. The summed E-state index contributed by atoms with van der Waals surface area (Å²) in [7, 11) is 0. The van der Waals surface area contributed by atoms with E-state index in [4.69, 9.17) is 15.5 Å². The highest BCUT2D eigenvalue weighted by Crippen LogP contribution is 2.42. The lowest BCUT2D eigenvalue weighted by molar-refractivity contribution is 0.403. The fourth-order valence-corrected chi connectivity index (χ4v) is 1.21. The standard InChI is InChI=1S/C9H10O2.CHN/c10-8-4-3-7(5-9(8)11)6-1-2-6;1-2/h3-6,10-11H,1-2H2;1H. The summed E-state index contributed by atoms with van der Waals surface area (Å²) in [4.78, 5) is 0. The molecule has 13 heavy (non-hydrogen) atoms. The zero-order valence-electron chi connectivity index (χ0n) is 7.14. The van der Waals surface area contributed by atoms with E-state index in [0.717, 1.165) is 5.56 Å². The molecule has 3 heteroatoms. The molecule has 2 N–H and O–H groups in total. The van der Waals surface area contributed by atoms with Crippen molar-refractivity contribution in [1.29, 1.82) is 5.26 Å². The summed E-state index contributed by atoms with van der Waals surface area (Å²) >= 11 is 0. The van der Waals surface area contributed by atoms with E-state index in [1.807, 2.05) is 6.07 Å². The van der Waals surface area contributed by atoms with Crippen molar-refractivity contribution in [2.75, 3.05) is 0 Å². The number of nitriles is 1. The number of benzene rings is 1. The average Bonchev–Trinajstić information content (AvgIpc) is 2.96. The molecule has 1 aliphatic rings. The molecule has 68 valence electrons. The monoisotopic (exact) mass is 177 g/mol. The van der Waals surface area contributed by atoms with Crippen LogP contribution in [0, 0.1) is 11.8 Å². The predicted molar refractivity (Wildman–Crippen MR) is 48.4 cm³/mol. The van der Waals surface area contributed by atoms with Gasteiger partial charge < -0.3 is 10.2 Å². The molecule has 1 fully saturated rings. The topological polar surface area (TPSA) is 64.2 Å². The van der Waals surface area contributed by atoms with E-state index in [1.54, 1.807) is 12.1 Å². The van der Waals surface area contributed by atoms with Crippen molar-refractivity contribution in [2.45, 2.75) is 18.8 Å². The Balaban J connectivity index is 0.000000396. The highest BCUT2D eigenvalue weighted by Gasteiger charge is 2.23. The normalized spacial score (nSPS) is 14.3. The Morgan fingerprint density at radius 3 is 2.23 bits per heavy atom. The number of phenols is 2. The molecule has 0 unspecified atom stereocenters. The maximum absolute atomic E-state index is 9.13. The van der Waals surface area contributed by atoms with Crippen LogP contribution in [0.5, 0.6) is 11.5 Å². The van der Waals surface area contributed by atoms with Gasteiger partial charge in [0, 0.05) is 6.57 Å². The van der Waals surface area contributed by atoms with Gasteiger partial charge in [-0.25, -0.2) is 5.26 Å². The van der Waals surface area contributed by atoms with Crippen molar-refractivity contribution in [3.8, 4) is 18.1 Å². The number of rotatable bonds is 1. The number of hydrogen-bond donors (Lipinski definition) is 2. The third-order valence-electron chi connectivity index (χ3n) is 2.05. The molecule has 0 radical (unpaired) electrons. The van der Waals surface area contributed by atoms with E-state index in [2.05, 4.69) is 6.57 Å². The van der Waals surface area contributed by atoms with Crippen LogP contribution in [0.3, 0.4) is 0 Å². The van der Waals surface area contributed by atoms with Gasteiger partial charge >= 0.3 is 0 Å². The molecule has 0 aromatic heterocycles. The lowest BCUT2D eigenvalue weighted by Gasteiger charge is -2.00. The van der Waals surface area contributed by atoms with Crippen LogP contribution in [0.4, 0.5) is 0 Å². The van der Waals surface area contributed by atoms with Crippen LogP contribution in [0.15, 0.2) is 18.2 Å². The van der Waals surface area contributed by atoms with E-state index >= 15 is 0 Å². The van der Waals surface area contributed by atoms with Gasteiger partial charge in [0.25, 0.3) is 0 Å². The van der Waals surface area contributed by atoms with Gasteiger partial charge in [0.05, 0.1) is 0 Å². The van der Waals surface area contributed by atoms with Crippen LogP contribution >= 0.6 is 0 Å². The summed E-state index contributed by atoms with van der Waals surface area (Å²) in [5.74, 6) is 0.588. The van der Waals surface area contributed by atoms with Crippen LogP contribution in [-0.2, 0) is 0 Å². The van der Waals surface area contributed by atoms with Crippen LogP contribution in [0.1, 0.15) is 24.3 Å². The Hall–Kier alpha value is -1.69. The highest BCUT2D eigenvalue weighted by atomic mass is 16.3. The summed E-state index contributed by atoms with van der Waals surface area (Å²) in [5, 5.41) is 24.6. The van der Waals surface area contributed by atoms with Gasteiger partial charge in [-0.15, -0.1) is 0 Å². The van der Waals surface area contributed by atoms with Crippen molar-refractivity contribution in [2.24, 2.45) is 0 Å². The van der Waals surface area contributed by atoms with Gasteiger partial charge in [-0.3, -0.25) is 0 Å². The fourth-order valence-electron chi connectivity index (χ4n) is 1.21. The Bertz CT molecular complexity index is 316. The third kappa shape index (κ3) is 2.12. The van der Waals surface area contributed by atoms with Crippen molar-refractivity contribution >= 4 is 0 Å². The average molecular weight is 177 g/mol. The van der Waals surface area contributed by atoms with E-state index < -0.39 is 0 Å². The van der Waals surface area contributed by atoms with E-state index in [1.165, 1.54) is 12.8 Å². The molecule has 2 rings (SSSR count). The maximum atomic E-state index is 9.13. The summed E-state index contributed by atoms with van der Waals surface area (Å²) in [6.45, 7) is 3.50. The molecule has 0 saturated heterocycles. The zero-order chi connectivity index (χ0) is 9.84. The van der Waals surface area contributed by atoms with Crippen molar-refractivity contribution in [3.05, 3.63) is 23.8 Å². The highest BCUT2D eigenvalue weighted by molar-refractivity contribution is 5.42. The first-order valence-corrected chi connectivity index (χ1v) is 4.05. The fraction of sp³-hybridized carbons (Fsp3) is 0.300. The second-order valence-corrected chi connectivity index (χ2v) is 3.02. The number of aromatic hydroxyl groups is 2. The van der Waals surface area contributed by atoms with Gasteiger partial charge in [-0.05, 0) is 36.5 Å². The number of hydrogen-bond acceptors (Lipinski definition) is 3. The summed E-state index contributed by atoms with van der Waals surface area (Å²) in [5.41, 5.74) is 1.14. The first kappa shape index (κ1) is 9.40. The summed E-state index contributed by atoms with van der Waals surface area (Å²) in [6.07, 6.45) is 2.43. The van der Waals surface area contributed by atoms with Gasteiger partial charge in [-0.1, -0.05) is 6.07 Å². The van der Waals surface area contributed by atoms with Crippen LogP contribution < -0.4 is 0 Å². The molecule has 0 heterocycles. The Morgan fingerprint density at radius 1 is 1.15 bits per heavy atom. The number of phenolic OH excluding ortho intramolecular Hbond substituents is 2. The minimum atomic E-state index is -0.0330. The van der Waals surface area contributed by atoms with Crippen molar-refractivity contribution in [3.63, 3.8) is 0 Å². The van der Waals surface area contributed by atoms with E-state index in [9.17, 15) is 0 Å². The molecule has 1 aromatic rings. The van der Waals surface area contributed by atoms with Crippen LogP contribution in [-0.4, -0.2) is 10.2 Å². The largest absolute Gasteiger partial charge is 0.504 e. The second-order valence-electron chi connectivity index (χ2n) is 3.02. The molecule has 1 aromatic carbocycles. The SMILES string of the molecule is C#N.Oc1ccc(C2CC2)cc1O. The molecule has 0 atom stereocenters. The van der Waals surface area contributed by atoms with Crippen molar-refractivity contribution in [1.82, 2.24) is 0 Å². The minimum Gasteiger partial charge on any atom is -0.504 e. The molecular formula is C10H11NO2. The first-order valence-electron chi connectivity index (χ1n) is 4.05.